The smallest absolute Gasteiger partial charge is 0.260 e. The molecule has 4 nitrogen and oxygen atoms in total. The highest BCUT2D eigenvalue weighted by molar-refractivity contribution is 6.30. The summed E-state index contributed by atoms with van der Waals surface area (Å²) in [7, 11) is 0. The van der Waals surface area contributed by atoms with Crippen molar-refractivity contribution in [2.45, 2.75) is 6.42 Å². The molecule has 0 spiro atoms. The van der Waals surface area contributed by atoms with E-state index in [2.05, 4.69) is 10.1 Å². The van der Waals surface area contributed by atoms with Crippen molar-refractivity contribution in [3.63, 3.8) is 0 Å². The fraction of sp³-hybridized carbons (Fsp3) is 0.0667. The van der Waals surface area contributed by atoms with E-state index in [9.17, 15) is 0 Å². The maximum Gasteiger partial charge on any atom is 0.260 e. The van der Waals surface area contributed by atoms with Crippen molar-refractivity contribution >= 4 is 17.3 Å². The second kappa shape index (κ2) is 5.35. The Kier molecular flexibility index (Phi) is 3.39. The number of rotatable bonds is 3. The van der Waals surface area contributed by atoms with Crippen molar-refractivity contribution < 1.29 is 4.52 Å². The van der Waals surface area contributed by atoms with Gasteiger partial charge in [0.25, 0.3) is 5.89 Å². The number of para-hydroxylation sites is 1. The van der Waals surface area contributed by atoms with E-state index in [1.165, 1.54) is 0 Å². The van der Waals surface area contributed by atoms with Gasteiger partial charge in [0.05, 0.1) is 5.56 Å². The van der Waals surface area contributed by atoms with E-state index in [0.717, 1.165) is 11.1 Å². The molecule has 0 aliphatic heterocycles. The molecule has 0 bridgehead atoms. The lowest BCUT2D eigenvalue weighted by molar-refractivity contribution is 0.424. The van der Waals surface area contributed by atoms with Gasteiger partial charge in [0.1, 0.15) is 0 Å². The molecular weight excluding hydrogens is 274 g/mol. The fourth-order valence-corrected chi connectivity index (χ4v) is 2.17. The molecule has 5 heteroatoms. The van der Waals surface area contributed by atoms with Gasteiger partial charge in [-0.25, -0.2) is 0 Å². The van der Waals surface area contributed by atoms with Gasteiger partial charge < -0.3 is 10.3 Å². The number of benzene rings is 2. The first-order valence-corrected chi connectivity index (χ1v) is 6.52. The third-order valence-electron chi connectivity index (χ3n) is 2.91. The molecule has 3 aromatic rings. The molecule has 0 saturated heterocycles. The molecule has 0 aliphatic carbocycles. The minimum absolute atomic E-state index is 0.431. The third-order valence-corrected chi connectivity index (χ3v) is 3.15. The number of nitrogens with zero attached hydrogens (tertiary/aromatic N) is 2. The van der Waals surface area contributed by atoms with Crippen molar-refractivity contribution in [3.05, 3.63) is 64.9 Å². The van der Waals surface area contributed by atoms with Crippen LogP contribution < -0.4 is 5.73 Å². The maximum atomic E-state index is 5.95. The van der Waals surface area contributed by atoms with Crippen molar-refractivity contribution in [2.24, 2.45) is 0 Å². The van der Waals surface area contributed by atoms with Crippen LogP contribution in [-0.2, 0) is 6.42 Å². The van der Waals surface area contributed by atoms with E-state index in [4.69, 9.17) is 21.9 Å². The number of hydrogen-bond donors (Lipinski definition) is 1. The molecule has 1 heterocycles. The first-order valence-electron chi connectivity index (χ1n) is 6.14. The van der Waals surface area contributed by atoms with E-state index in [1.54, 1.807) is 6.07 Å². The van der Waals surface area contributed by atoms with Gasteiger partial charge in [-0.2, -0.15) is 4.98 Å². The van der Waals surface area contributed by atoms with Crippen LogP contribution in [0.5, 0.6) is 0 Å². The molecule has 100 valence electrons. The fourth-order valence-electron chi connectivity index (χ4n) is 1.96. The lowest BCUT2D eigenvalue weighted by Gasteiger charge is -1.98. The Morgan fingerprint density at radius 1 is 1.10 bits per heavy atom. The van der Waals surface area contributed by atoms with Crippen LogP contribution in [0.15, 0.2) is 53.1 Å². The van der Waals surface area contributed by atoms with Gasteiger partial charge in [0.15, 0.2) is 5.82 Å². The average Bonchev–Trinajstić information content (AvgIpc) is 2.87. The summed E-state index contributed by atoms with van der Waals surface area (Å²) in [5.41, 5.74) is 8.29. The van der Waals surface area contributed by atoms with Crippen molar-refractivity contribution in [1.82, 2.24) is 10.1 Å². The van der Waals surface area contributed by atoms with E-state index in [0.29, 0.717) is 28.8 Å². The van der Waals surface area contributed by atoms with Crippen molar-refractivity contribution in [1.29, 1.82) is 0 Å². The zero-order valence-corrected chi connectivity index (χ0v) is 11.3. The molecule has 0 saturated carbocycles. The first-order chi connectivity index (χ1) is 9.72. The molecule has 2 N–H and O–H groups in total. The zero-order chi connectivity index (χ0) is 13.9. The van der Waals surface area contributed by atoms with Crippen LogP contribution >= 0.6 is 11.6 Å². The molecule has 3 rings (SSSR count). The number of halogens is 1. The van der Waals surface area contributed by atoms with Crippen LogP contribution in [-0.4, -0.2) is 10.1 Å². The lowest BCUT2D eigenvalue weighted by Crippen LogP contribution is -1.92. The average molecular weight is 286 g/mol. The molecule has 0 amide bonds. The van der Waals surface area contributed by atoms with Crippen LogP contribution in [0.1, 0.15) is 11.4 Å². The highest BCUT2D eigenvalue weighted by atomic mass is 35.5. The molecule has 20 heavy (non-hydrogen) atoms. The molecular formula is C15H12ClN3O. The van der Waals surface area contributed by atoms with Crippen LogP contribution in [0.3, 0.4) is 0 Å². The summed E-state index contributed by atoms with van der Waals surface area (Å²) < 4.78 is 5.26. The number of hydrogen-bond acceptors (Lipinski definition) is 4. The summed E-state index contributed by atoms with van der Waals surface area (Å²) in [5, 5.41) is 4.67. The molecule has 0 fully saturated rings. The van der Waals surface area contributed by atoms with Crippen molar-refractivity contribution in [2.75, 3.05) is 5.73 Å². The van der Waals surface area contributed by atoms with Gasteiger partial charge in [-0.05, 0) is 29.8 Å². The van der Waals surface area contributed by atoms with E-state index in [1.807, 2.05) is 42.5 Å². The zero-order valence-electron chi connectivity index (χ0n) is 10.6. The highest BCUT2D eigenvalue weighted by Gasteiger charge is 2.11. The third kappa shape index (κ3) is 2.65. The quantitative estimate of drug-likeness (QED) is 0.747. The van der Waals surface area contributed by atoms with E-state index < -0.39 is 0 Å². The Morgan fingerprint density at radius 2 is 1.95 bits per heavy atom. The van der Waals surface area contributed by atoms with Crippen LogP contribution in [0.25, 0.3) is 11.5 Å². The Hall–Kier alpha value is -2.33. The largest absolute Gasteiger partial charge is 0.398 e. The lowest BCUT2D eigenvalue weighted by atomic mass is 10.1. The normalized spacial score (nSPS) is 10.7. The van der Waals surface area contributed by atoms with E-state index in [-0.39, 0.29) is 0 Å². The van der Waals surface area contributed by atoms with Crippen LogP contribution in [0, 0.1) is 0 Å². The van der Waals surface area contributed by atoms with Gasteiger partial charge in [0, 0.05) is 17.1 Å². The monoisotopic (exact) mass is 285 g/mol. The molecule has 0 atom stereocenters. The Bertz CT molecular complexity index is 739. The number of nitrogens with two attached hydrogens (primary N) is 1. The van der Waals surface area contributed by atoms with E-state index >= 15 is 0 Å². The predicted octanol–water partition coefficient (Wildman–Crippen LogP) is 3.56. The Labute approximate surface area is 121 Å². The topological polar surface area (TPSA) is 64.9 Å². The van der Waals surface area contributed by atoms with Gasteiger partial charge in [-0.15, -0.1) is 0 Å². The summed E-state index contributed by atoms with van der Waals surface area (Å²) in [5.74, 6) is 1.03. The molecule has 0 aliphatic rings. The second-order valence-electron chi connectivity index (χ2n) is 4.41. The van der Waals surface area contributed by atoms with Crippen molar-refractivity contribution in [3.8, 4) is 11.5 Å². The second-order valence-corrected chi connectivity index (χ2v) is 4.85. The summed E-state index contributed by atoms with van der Waals surface area (Å²) in [6, 6.07) is 15.0. The first kappa shape index (κ1) is 12.7. The molecule has 0 unspecified atom stereocenters. The standard InChI is InChI=1S/C15H12ClN3O/c16-11-5-3-4-10(8-11)9-14-18-15(20-19-14)12-6-1-2-7-13(12)17/h1-8H,9,17H2. The highest BCUT2D eigenvalue weighted by Crippen LogP contribution is 2.24. The van der Waals surface area contributed by atoms with Crippen LogP contribution in [0.4, 0.5) is 5.69 Å². The minimum Gasteiger partial charge on any atom is -0.398 e. The molecule has 0 radical (unpaired) electrons. The van der Waals surface area contributed by atoms with Gasteiger partial charge >= 0.3 is 0 Å². The minimum atomic E-state index is 0.431. The number of nitrogen functional groups attached to an aromatic ring is 1. The summed E-state index contributed by atoms with van der Waals surface area (Å²) in [6.45, 7) is 0. The molecule has 2 aromatic carbocycles. The number of anilines is 1. The maximum absolute atomic E-state index is 5.95. The van der Waals surface area contributed by atoms with Gasteiger partial charge in [-0.3, -0.25) is 0 Å². The Balaban J connectivity index is 1.86. The summed E-state index contributed by atoms with van der Waals surface area (Å²) in [4.78, 5) is 4.37. The summed E-state index contributed by atoms with van der Waals surface area (Å²) in [6.07, 6.45) is 0.566. The van der Waals surface area contributed by atoms with Crippen LogP contribution in [0.2, 0.25) is 5.02 Å². The molecule has 1 aromatic heterocycles. The summed E-state index contributed by atoms with van der Waals surface area (Å²) >= 11 is 5.95. The predicted molar refractivity (Wildman–Crippen MR) is 78.4 cm³/mol. The Morgan fingerprint density at radius 3 is 2.75 bits per heavy atom. The van der Waals surface area contributed by atoms with Gasteiger partial charge in [-0.1, -0.05) is 41.0 Å². The SMILES string of the molecule is Nc1ccccc1-c1nc(Cc2cccc(Cl)c2)no1. The number of aromatic nitrogens is 2. The van der Waals surface area contributed by atoms with Gasteiger partial charge in [0.2, 0.25) is 0 Å².